The smallest absolute Gasteiger partial charge is 0.251 e. The van der Waals surface area contributed by atoms with Crippen LogP contribution in [0.15, 0.2) is 36.4 Å². The van der Waals surface area contributed by atoms with Crippen molar-refractivity contribution < 1.29 is 23.7 Å². The van der Waals surface area contributed by atoms with Crippen LogP contribution in [0.25, 0.3) is 0 Å². The molecular formula is C19H22ClNO5. The van der Waals surface area contributed by atoms with Gasteiger partial charge in [0.05, 0.1) is 21.3 Å². The van der Waals surface area contributed by atoms with Gasteiger partial charge in [0.25, 0.3) is 5.91 Å². The Bertz CT molecular complexity index is 740. The van der Waals surface area contributed by atoms with Gasteiger partial charge in [-0.15, -0.1) is 0 Å². The Morgan fingerprint density at radius 3 is 2.15 bits per heavy atom. The molecule has 0 bridgehead atoms. The number of hydrogen-bond donors (Lipinski definition) is 1. The first-order valence-corrected chi connectivity index (χ1v) is 8.28. The molecule has 0 aromatic heterocycles. The van der Waals surface area contributed by atoms with Gasteiger partial charge in [-0.25, -0.2) is 0 Å². The summed E-state index contributed by atoms with van der Waals surface area (Å²) in [7, 11) is 6.07. The number of rotatable bonds is 8. The van der Waals surface area contributed by atoms with Gasteiger partial charge in [-0.2, -0.15) is 0 Å². The Morgan fingerprint density at radius 1 is 1.04 bits per heavy atom. The quantitative estimate of drug-likeness (QED) is 0.760. The van der Waals surface area contributed by atoms with E-state index in [-0.39, 0.29) is 18.6 Å². The number of nitrogens with one attached hydrogen (secondary N) is 1. The van der Waals surface area contributed by atoms with E-state index in [1.165, 1.54) is 21.3 Å². The maximum absolute atomic E-state index is 12.6. The molecule has 1 N–H and O–H groups in total. The lowest BCUT2D eigenvalue weighted by molar-refractivity contribution is 0.0827. The van der Waals surface area contributed by atoms with Crippen LogP contribution in [-0.4, -0.2) is 40.9 Å². The van der Waals surface area contributed by atoms with Crippen LogP contribution in [0, 0.1) is 0 Å². The predicted molar refractivity (Wildman–Crippen MR) is 99.6 cm³/mol. The van der Waals surface area contributed by atoms with Gasteiger partial charge in [0.1, 0.15) is 6.10 Å². The average molecular weight is 380 g/mol. The fraction of sp³-hybridized carbons (Fsp3) is 0.316. The minimum Gasteiger partial charge on any atom is -0.493 e. The van der Waals surface area contributed by atoms with Crippen molar-refractivity contribution in [3.05, 3.63) is 52.5 Å². The Morgan fingerprint density at radius 2 is 1.65 bits per heavy atom. The molecule has 0 fully saturated rings. The molecule has 1 amide bonds. The Hall–Kier alpha value is -2.44. The monoisotopic (exact) mass is 379 g/mol. The predicted octanol–water partition coefficient (Wildman–Crippen LogP) is 3.48. The minimum atomic E-state index is -0.366. The van der Waals surface area contributed by atoms with E-state index in [4.69, 9.17) is 30.5 Å². The Balaban J connectivity index is 2.18. The van der Waals surface area contributed by atoms with E-state index in [9.17, 15) is 4.79 Å². The first-order valence-electron chi connectivity index (χ1n) is 7.91. The lowest BCUT2D eigenvalue weighted by Gasteiger charge is -2.18. The molecule has 0 radical (unpaired) electrons. The molecule has 7 heteroatoms. The molecule has 2 aromatic rings. The van der Waals surface area contributed by atoms with Gasteiger partial charge in [0, 0.05) is 29.8 Å². The highest BCUT2D eigenvalue weighted by molar-refractivity contribution is 6.31. The number of methoxy groups -OCH3 is 4. The number of ether oxygens (including phenoxy) is 4. The summed E-state index contributed by atoms with van der Waals surface area (Å²) in [4.78, 5) is 12.6. The molecule has 2 aromatic carbocycles. The fourth-order valence-corrected chi connectivity index (χ4v) is 2.81. The van der Waals surface area contributed by atoms with Crippen LogP contribution in [0.2, 0.25) is 5.02 Å². The van der Waals surface area contributed by atoms with Crippen molar-refractivity contribution in [2.75, 3.05) is 35.0 Å². The van der Waals surface area contributed by atoms with E-state index in [1.807, 2.05) is 18.2 Å². The van der Waals surface area contributed by atoms with E-state index in [0.29, 0.717) is 27.8 Å². The standard InChI is InChI=1S/C19H22ClNO5/c1-23-15-9-12(10-16(24-2)18(15)26-4)19(22)21-11-17(25-3)13-7-5-6-8-14(13)20/h5-10,17H,11H2,1-4H3,(H,21,22). The van der Waals surface area contributed by atoms with Gasteiger partial charge in [0.15, 0.2) is 11.5 Å². The lowest BCUT2D eigenvalue weighted by atomic mass is 10.1. The van der Waals surface area contributed by atoms with Crippen molar-refractivity contribution in [2.45, 2.75) is 6.10 Å². The van der Waals surface area contributed by atoms with Crippen LogP contribution in [0.5, 0.6) is 17.2 Å². The van der Waals surface area contributed by atoms with Crippen LogP contribution in [0.4, 0.5) is 0 Å². The number of carbonyl (C=O) groups excluding carboxylic acids is 1. The molecule has 0 heterocycles. The maximum Gasteiger partial charge on any atom is 0.251 e. The third-order valence-electron chi connectivity index (χ3n) is 3.91. The normalized spacial score (nSPS) is 11.6. The van der Waals surface area contributed by atoms with E-state index in [2.05, 4.69) is 5.32 Å². The van der Waals surface area contributed by atoms with Crippen LogP contribution < -0.4 is 19.5 Å². The average Bonchev–Trinajstić information content (AvgIpc) is 2.68. The second-order valence-corrected chi connectivity index (χ2v) is 5.78. The van der Waals surface area contributed by atoms with E-state index < -0.39 is 0 Å². The molecule has 6 nitrogen and oxygen atoms in total. The summed E-state index contributed by atoms with van der Waals surface area (Å²) in [5.74, 6) is 0.952. The molecule has 140 valence electrons. The first-order chi connectivity index (χ1) is 12.5. The minimum absolute atomic E-state index is 0.260. The lowest BCUT2D eigenvalue weighted by Crippen LogP contribution is -2.29. The van der Waals surface area contributed by atoms with Gasteiger partial charge in [-0.3, -0.25) is 4.79 Å². The molecule has 1 atom stereocenters. The zero-order chi connectivity index (χ0) is 19.1. The second kappa shape index (κ2) is 9.31. The number of hydrogen-bond acceptors (Lipinski definition) is 5. The highest BCUT2D eigenvalue weighted by atomic mass is 35.5. The van der Waals surface area contributed by atoms with Crippen LogP contribution >= 0.6 is 11.6 Å². The fourth-order valence-electron chi connectivity index (χ4n) is 2.56. The molecule has 26 heavy (non-hydrogen) atoms. The topological polar surface area (TPSA) is 66.0 Å². The zero-order valence-electron chi connectivity index (χ0n) is 15.2. The van der Waals surface area contributed by atoms with E-state index >= 15 is 0 Å². The molecule has 0 saturated heterocycles. The summed E-state index contributed by atoms with van der Waals surface area (Å²) in [6, 6.07) is 10.5. The largest absolute Gasteiger partial charge is 0.493 e. The molecule has 0 spiro atoms. The van der Waals surface area contributed by atoms with Crippen molar-refractivity contribution in [3.8, 4) is 17.2 Å². The molecule has 2 rings (SSSR count). The first kappa shape index (κ1) is 19.9. The van der Waals surface area contributed by atoms with Crippen LogP contribution in [-0.2, 0) is 4.74 Å². The third kappa shape index (κ3) is 4.39. The molecule has 0 aliphatic heterocycles. The molecule has 0 aliphatic rings. The Kier molecular flexibility index (Phi) is 7.12. The van der Waals surface area contributed by atoms with Gasteiger partial charge in [-0.05, 0) is 18.2 Å². The van der Waals surface area contributed by atoms with E-state index in [1.54, 1.807) is 25.3 Å². The highest BCUT2D eigenvalue weighted by Crippen LogP contribution is 2.38. The molecular weight excluding hydrogens is 358 g/mol. The van der Waals surface area contributed by atoms with Gasteiger partial charge >= 0.3 is 0 Å². The van der Waals surface area contributed by atoms with Crippen molar-refractivity contribution in [2.24, 2.45) is 0 Å². The SMILES string of the molecule is COc1cc(C(=O)NCC(OC)c2ccccc2Cl)cc(OC)c1OC. The number of benzene rings is 2. The van der Waals surface area contributed by atoms with E-state index in [0.717, 1.165) is 5.56 Å². The zero-order valence-corrected chi connectivity index (χ0v) is 15.9. The summed E-state index contributed by atoms with van der Waals surface area (Å²) in [5.41, 5.74) is 1.19. The second-order valence-electron chi connectivity index (χ2n) is 5.37. The number of halogens is 1. The Labute approximate surface area is 158 Å². The van der Waals surface area contributed by atoms with Crippen molar-refractivity contribution in [1.82, 2.24) is 5.32 Å². The summed E-state index contributed by atoms with van der Waals surface area (Å²) in [5, 5.41) is 3.43. The molecule has 0 aliphatic carbocycles. The van der Waals surface area contributed by atoms with Crippen molar-refractivity contribution in [1.29, 1.82) is 0 Å². The summed E-state index contributed by atoms with van der Waals surface area (Å²) < 4.78 is 21.3. The van der Waals surface area contributed by atoms with Gasteiger partial charge in [-0.1, -0.05) is 29.8 Å². The highest BCUT2D eigenvalue weighted by Gasteiger charge is 2.19. The third-order valence-corrected chi connectivity index (χ3v) is 4.26. The van der Waals surface area contributed by atoms with Crippen molar-refractivity contribution >= 4 is 17.5 Å². The summed E-state index contributed by atoms with van der Waals surface area (Å²) >= 11 is 6.20. The molecule has 0 saturated carbocycles. The molecule has 1 unspecified atom stereocenters. The van der Waals surface area contributed by atoms with Crippen LogP contribution in [0.1, 0.15) is 22.0 Å². The van der Waals surface area contributed by atoms with Gasteiger partial charge < -0.3 is 24.3 Å². The summed E-state index contributed by atoms with van der Waals surface area (Å²) in [6.07, 6.45) is -0.366. The van der Waals surface area contributed by atoms with Crippen molar-refractivity contribution in [3.63, 3.8) is 0 Å². The number of amides is 1. The van der Waals surface area contributed by atoms with Crippen LogP contribution in [0.3, 0.4) is 0 Å². The summed E-state index contributed by atoms with van der Waals surface area (Å²) in [6.45, 7) is 0.260. The number of carbonyl (C=O) groups is 1. The van der Waals surface area contributed by atoms with Gasteiger partial charge in [0.2, 0.25) is 5.75 Å². The maximum atomic E-state index is 12.6.